The van der Waals surface area contributed by atoms with Gasteiger partial charge in [-0.2, -0.15) is 4.99 Å². The summed E-state index contributed by atoms with van der Waals surface area (Å²) in [6.07, 6.45) is 0. The third-order valence-electron chi connectivity index (χ3n) is 4.41. The summed E-state index contributed by atoms with van der Waals surface area (Å²) in [4.78, 5) is 17.5. The number of fused-ring (bicyclic) bond motifs is 1. The molecule has 0 aliphatic rings. The van der Waals surface area contributed by atoms with Crippen LogP contribution in [0.15, 0.2) is 82.7 Å². The predicted molar refractivity (Wildman–Crippen MR) is 119 cm³/mol. The molecule has 1 aromatic heterocycles. The van der Waals surface area contributed by atoms with E-state index in [9.17, 15) is 13.2 Å². The van der Waals surface area contributed by atoms with E-state index in [1.165, 1.54) is 35.6 Å². The van der Waals surface area contributed by atoms with Gasteiger partial charge in [-0.3, -0.25) is 9.52 Å². The highest BCUT2D eigenvalue weighted by molar-refractivity contribution is 7.92. The second-order valence-corrected chi connectivity index (χ2v) is 9.60. The van der Waals surface area contributed by atoms with E-state index in [-0.39, 0.29) is 4.90 Å². The van der Waals surface area contributed by atoms with Crippen LogP contribution in [0.5, 0.6) is 0 Å². The van der Waals surface area contributed by atoms with Crippen molar-refractivity contribution in [2.24, 2.45) is 12.0 Å². The average Bonchev–Trinajstić information content (AvgIpc) is 3.03. The van der Waals surface area contributed by atoms with Crippen LogP contribution >= 0.6 is 22.9 Å². The maximum Gasteiger partial charge on any atom is 0.279 e. The minimum atomic E-state index is -3.69. The lowest BCUT2D eigenvalue weighted by molar-refractivity contribution is 0.0998. The summed E-state index contributed by atoms with van der Waals surface area (Å²) in [5, 5.41) is 0.621. The largest absolute Gasteiger partial charge is 0.319 e. The van der Waals surface area contributed by atoms with Crippen molar-refractivity contribution in [3.8, 4) is 0 Å². The first-order valence-electron chi connectivity index (χ1n) is 8.85. The molecular formula is C21H16ClN3O3S2. The Morgan fingerprint density at radius 1 is 1.03 bits per heavy atom. The van der Waals surface area contributed by atoms with Gasteiger partial charge in [0.15, 0.2) is 4.80 Å². The van der Waals surface area contributed by atoms with Crippen molar-refractivity contribution in [2.45, 2.75) is 4.90 Å². The first-order chi connectivity index (χ1) is 14.3. The van der Waals surface area contributed by atoms with Gasteiger partial charge in [-0.25, -0.2) is 8.42 Å². The number of anilines is 1. The number of hydrogen-bond donors (Lipinski definition) is 1. The number of carbonyl (C=O) groups is 1. The Morgan fingerprint density at radius 3 is 2.43 bits per heavy atom. The number of nitrogens with zero attached hydrogens (tertiary/aromatic N) is 2. The monoisotopic (exact) mass is 457 g/mol. The molecule has 0 atom stereocenters. The highest BCUT2D eigenvalue weighted by atomic mass is 35.5. The molecule has 4 rings (SSSR count). The summed E-state index contributed by atoms with van der Waals surface area (Å²) >= 11 is 7.40. The van der Waals surface area contributed by atoms with Crippen LogP contribution < -0.4 is 9.52 Å². The molecule has 3 aromatic carbocycles. The Morgan fingerprint density at radius 2 is 1.73 bits per heavy atom. The van der Waals surface area contributed by atoms with Crippen LogP contribution in [0.4, 0.5) is 5.69 Å². The Bertz CT molecular complexity index is 1410. The number of benzene rings is 3. The Balaban J connectivity index is 1.58. The molecule has 0 saturated heterocycles. The number of hydrogen-bond acceptors (Lipinski definition) is 4. The minimum Gasteiger partial charge on any atom is -0.319 e. The number of carbonyl (C=O) groups excluding carboxylic acids is 1. The molecule has 0 unspecified atom stereocenters. The lowest BCUT2D eigenvalue weighted by Crippen LogP contribution is -2.14. The van der Waals surface area contributed by atoms with Crippen molar-refractivity contribution in [2.75, 3.05) is 4.72 Å². The van der Waals surface area contributed by atoms with Gasteiger partial charge in [0, 0.05) is 23.3 Å². The fourth-order valence-corrected chi connectivity index (χ4v) is 5.23. The molecule has 0 spiro atoms. The van der Waals surface area contributed by atoms with Gasteiger partial charge >= 0.3 is 0 Å². The quantitative estimate of drug-likeness (QED) is 0.492. The zero-order valence-corrected chi connectivity index (χ0v) is 18.1. The molecule has 0 aliphatic heterocycles. The number of nitrogens with one attached hydrogen (secondary N) is 1. The number of aryl methyl sites for hydroxylation is 1. The lowest BCUT2D eigenvalue weighted by Gasteiger charge is -2.08. The predicted octanol–water partition coefficient (Wildman–Crippen LogP) is 4.44. The Labute approximate surface area is 182 Å². The molecule has 6 nitrogen and oxygen atoms in total. The van der Waals surface area contributed by atoms with Gasteiger partial charge in [0.05, 0.1) is 15.1 Å². The normalized spacial score (nSPS) is 12.3. The smallest absolute Gasteiger partial charge is 0.279 e. The van der Waals surface area contributed by atoms with Crippen LogP contribution in [0.2, 0.25) is 5.02 Å². The third kappa shape index (κ3) is 4.16. The SMILES string of the molecule is Cn1c(=NC(=O)c2ccc(NS(=O)(=O)c3ccccc3)cc2)sc2cc(Cl)ccc21. The summed E-state index contributed by atoms with van der Waals surface area (Å²) in [7, 11) is -1.86. The molecular weight excluding hydrogens is 442 g/mol. The molecule has 1 heterocycles. The highest BCUT2D eigenvalue weighted by Gasteiger charge is 2.14. The van der Waals surface area contributed by atoms with Crippen molar-refractivity contribution in [1.82, 2.24) is 4.57 Å². The first-order valence-corrected chi connectivity index (χ1v) is 11.5. The molecule has 152 valence electrons. The molecule has 4 aromatic rings. The number of thiazole rings is 1. The van der Waals surface area contributed by atoms with Gasteiger partial charge in [0.25, 0.3) is 15.9 Å². The van der Waals surface area contributed by atoms with Crippen molar-refractivity contribution in [1.29, 1.82) is 0 Å². The maximum absolute atomic E-state index is 12.6. The van der Waals surface area contributed by atoms with E-state index in [1.54, 1.807) is 36.4 Å². The third-order valence-corrected chi connectivity index (χ3v) is 7.13. The zero-order chi connectivity index (χ0) is 21.3. The minimum absolute atomic E-state index is 0.164. The number of halogens is 1. The van der Waals surface area contributed by atoms with E-state index >= 15 is 0 Å². The number of sulfonamides is 1. The first kappa shape index (κ1) is 20.3. The van der Waals surface area contributed by atoms with Crippen LogP contribution in [-0.4, -0.2) is 18.9 Å². The van der Waals surface area contributed by atoms with E-state index in [0.29, 0.717) is 21.1 Å². The van der Waals surface area contributed by atoms with E-state index in [0.717, 1.165) is 10.2 Å². The highest BCUT2D eigenvalue weighted by Crippen LogP contribution is 2.21. The van der Waals surface area contributed by atoms with Crippen molar-refractivity contribution in [3.05, 3.63) is 88.2 Å². The number of rotatable bonds is 4. The molecule has 0 saturated carbocycles. The molecule has 0 radical (unpaired) electrons. The molecule has 1 N–H and O–H groups in total. The topological polar surface area (TPSA) is 80.5 Å². The van der Waals surface area contributed by atoms with Crippen LogP contribution in [0.3, 0.4) is 0 Å². The summed E-state index contributed by atoms with van der Waals surface area (Å²) < 4.78 is 30.1. The summed E-state index contributed by atoms with van der Waals surface area (Å²) in [6.45, 7) is 0. The van der Waals surface area contributed by atoms with Crippen molar-refractivity contribution < 1.29 is 13.2 Å². The van der Waals surface area contributed by atoms with Gasteiger partial charge in [-0.05, 0) is 54.6 Å². The van der Waals surface area contributed by atoms with Gasteiger partial charge in [-0.15, -0.1) is 0 Å². The Kier molecular flexibility index (Phi) is 5.46. The van der Waals surface area contributed by atoms with Crippen molar-refractivity contribution in [3.63, 3.8) is 0 Å². The summed E-state index contributed by atoms with van der Waals surface area (Å²) in [5.41, 5.74) is 1.65. The van der Waals surface area contributed by atoms with E-state index in [1.807, 2.05) is 23.7 Å². The number of amides is 1. The molecule has 1 amide bonds. The van der Waals surface area contributed by atoms with E-state index in [2.05, 4.69) is 9.71 Å². The molecule has 0 aliphatic carbocycles. The van der Waals surface area contributed by atoms with Gasteiger partial charge in [0.2, 0.25) is 0 Å². The summed E-state index contributed by atoms with van der Waals surface area (Å²) in [6, 6.07) is 19.7. The van der Waals surface area contributed by atoms with E-state index in [4.69, 9.17) is 11.6 Å². The van der Waals surface area contributed by atoms with Gasteiger partial charge in [0.1, 0.15) is 0 Å². The second-order valence-electron chi connectivity index (χ2n) is 6.47. The Hall–Kier alpha value is -2.94. The fraction of sp³-hybridized carbons (Fsp3) is 0.0476. The molecule has 30 heavy (non-hydrogen) atoms. The van der Waals surface area contributed by atoms with Gasteiger partial charge in [-0.1, -0.05) is 41.1 Å². The van der Waals surface area contributed by atoms with Crippen LogP contribution in [0.1, 0.15) is 10.4 Å². The molecule has 9 heteroatoms. The average molecular weight is 458 g/mol. The maximum atomic E-state index is 12.6. The summed E-state index contributed by atoms with van der Waals surface area (Å²) in [5.74, 6) is -0.416. The van der Waals surface area contributed by atoms with Crippen LogP contribution in [0, 0.1) is 0 Å². The van der Waals surface area contributed by atoms with Gasteiger partial charge < -0.3 is 4.57 Å². The van der Waals surface area contributed by atoms with Crippen LogP contribution in [0.25, 0.3) is 10.2 Å². The number of aromatic nitrogens is 1. The van der Waals surface area contributed by atoms with Crippen molar-refractivity contribution >= 4 is 54.8 Å². The molecule has 0 fully saturated rings. The standard InChI is InChI=1S/C21H16ClN3O3S2/c1-25-18-12-9-15(22)13-19(18)29-21(25)23-20(26)14-7-10-16(11-8-14)24-30(27,28)17-5-3-2-4-6-17/h2-13,24H,1H3. The molecule has 0 bridgehead atoms. The van der Waals surface area contributed by atoms with E-state index < -0.39 is 15.9 Å². The second kappa shape index (κ2) is 8.06. The fourth-order valence-electron chi connectivity index (χ4n) is 2.86. The van der Waals surface area contributed by atoms with Crippen LogP contribution in [-0.2, 0) is 17.1 Å². The lowest BCUT2D eigenvalue weighted by atomic mass is 10.2. The zero-order valence-electron chi connectivity index (χ0n) is 15.7.